The lowest BCUT2D eigenvalue weighted by Gasteiger charge is -2.27. The molecule has 1 saturated carbocycles. The molecule has 1 heterocycles. The highest BCUT2D eigenvalue weighted by atomic mass is 35.5. The van der Waals surface area contributed by atoms with Crippen LogP contribution in [-0.4, -0.2) is 40.6 Å². The Kier molecular flexibility index (Phi) is 5.13. The summed E-state index contributed by atoms with van der Waals surface area (Å²) in [6.07, 6.45) is 3.45. The lowest BCUT2D eigenvalue weighted by molar-refractivity contribution is -0.150. The molecule has 0 N–H and O–H groups in total. The van der Waals surface area contributed by atoms with Gasteiger partial charge in [0.1, 0.15) is 6.04 Å². The van der Waals surface area contributed by atoms with E-state index < -0.39 is 6.04 Å². The SMILES string of the molecule is CC(C(=O)N(C)Cc1ccccc1Cl)N1C(=O)C2CCCCC2C1=O. The predicted octanol–water partition coefficient (Wildman–Crippen LogP) is 2.86. The zero-order valence-electron chi connectivity index (χ0n) is 14.6. The van der Waals surface area contributed by atoms with Gasteiger partial charge in [0.2, 0.25) is 17.7 Å². The minimum atomic E-state index is -0.780. The standard InChI is InChI=1S/C19H23ClN2O3/c1-12(17(23)21(2)11-13-7-3-6-10-16(13)20)22-18(24)14-8-4-5-9-15(14)19(22)25/h3,6-7,10,12,14-15H,4-5,8-9,11H2,1-2H3. The maximum absolute atomic E-state index is 12.8. The van der Waals surface area contributed by atoms with Crippen LogP contribution in [0, 0.1) is 11.8 Å². The first kappa shape index (κ1) is 17.9. The van der Waals surface area contributed by atoms with Gasteiger partial charge in [0.15, 0.2) is 0 Å². The first-order valence-electron chi connectivity index (χ1n) is 8.77. The summed E-state index contributed by atoms with van der Waals surface area (Å²) >= 11 is 6.15. The summed E-state index contributed by atoms with van der Waals surface area (Å²) in [5, 5.41) is 0.592. The third kappa shape index (κ3) is 3.30. The molecule has 0 bridgehead atoms. The molecule has 2 fully saturated rings. The average molecular weight is 363 g/mol. The van der Waals surface area contributed by atoms with Crippen LogP contribution in [0.4, 0.5) is 0 Å². The predicted molar refractivity (Wildman–Crippen MR) is 94.7 cm³/mol. The van der Waals surface area contributed by atoms with Crippen LogP contribution in [0.25, 0.3) is 0 Å². The summed E-state index contributed by atoms with van der Waals surface area (Å²) < 4.78 is 0. The highest BCUT2D eigenvalue weighted by Crippen LogP contribution is 2.39. The van der Waals surface area contributed by atoms with Gasteiger partial charge < -0.3 is 4.90 Å². The molecule has 0 radical (unpaired) electrons. The van der Waals surface area contributed by atoms with Gasteiger partial charge in [-0.05, 0) is 31.4 Å². The fourth-order valence-electron chi connectivity index (χ4n) is 3.96. The van der Waals surface area contributed by atoms with Crippen LogP contribution in [0.15, 0.2) is 24.3 Å². The van der Waals surface area contributed by atoms with Gasteiger partial charge in [-0.3, -0.25) is 19.3 Å². The molecule has 1 aliphatic heterocycles. The number of carbonyl (C=O) groups is 3. The molecule has 6 heteroatoms. The van der Waals surface area contributed by atoms with Gasteiger partial charge in [-0.25, -0.2) is 0 Å². The summed E-state index contributed by atoms with van der Waals surface area (Å²) in [7, 11) is 1.67. The molecule has 1 aromatic rings. The highest BCUT2D eigenvalue weighted by Gasteiger charge is 2.51. The Labute approximate surface area is 152 Å². The van der Waals surface area contributed by atoms with E-state index in [0.29, 0.717) is 11.6 Å². The number of likely N-dealkylation sites (tertiary alicyclic amines) is 1. The van der Waals surface area contributed by atoms with E-state index in [1.807, 2.05) is 18.2 Å². The Bertz CT molecular complexity index is 682. The number of fused-ring (bicyclic) bond motifs is 1. The lowest BCUT2D eigenvalue weighted by atomic mass is 9.81. The number of amides is 3. The number of benzene rings is 1. The van der Waals surface area contributed by atoms with Gasteiger partial charge >= 0.3 is 0 Å². The molecule has 3 amide bonds. The van der Waals surface area contributed by atoms with Crippen LogP contribution in [0.3, 0.4) is 0 Å². The Morgan fingerprint density at radius 2 is 1.76 bits per heavy atom. The summed E-state index contributed by atoms with van der Waals surface area (Å²) in [5.41, 5.74) is 0.833. The maximum Gasteiger partial charge on any atom is 0.245 e. The first-order valence-corrected chi connectivity index (χ1v) is 9.15. The quantitative estimate of drug-likeness (QED) is 0.774. The van der Waals surface area contributed by atoms with Crippen molar-refractivity contribution >= 4 is 29.3 Å². The molecular weight excluding hydrogens is 340 g/mol. The van der Waals surface area contributed by atoms with Crippen LogP contribution in [0.2, 0.25) is 5.02 Å². The Morgan fingerprint density at radius 3 is 2.32 bits per heavy atom. The number of rotatable bonds is 4. The molecule has 0 spiro atoms. The van der Waals surface area contributed by atoms with Crippen molar-refractivity contribution in [2.75, 3.05) is 7.05 Å². The fourth-order valence-corrected chi connectivity index (χ4v) is 4.15. The number of carbonyl (C=O) groups excluding carboxylic acids is 3. The lowest BCUT2D eigenvalue weighted by Crippen LogP contribution is -2.48. The largest absolute Gasteiger partial charge is 0.340 e. The molecule has 3 rings (SSSR count). The van der Waals surface area contributed by atoms with E-state index in [1.54, 1.807) is 20.0 Å². The zero-order valence-corrected chi connectivity index (χ0v) is 15.3. The van der Waals surface area contributed by atoms with Gasteiger partial charge in [-0.15, -0.1) is 0 Å². The van der Waals surface area contributed by atoms with Gasteiger partial charge in [-0.1, -0.05) is 42.6 Å². The van der Waals surface area contributed by atoms with Gasteiger partial charge in [0.25, 0.3) is 0 Å². The Morgan fingerprint density at radius 1 is 1.20 bits per heavy atom. The topological polar surface area (TPSA) is 57.7 Å². The zero-order chi connectivity index (χ0) is 18.1. The monoisotopic (exact) mass is 362 g/mol. The van der Waals surface area contributed by atoms with E-state index in [4.69, 9.17) is 11.6 Å². The maximum atomic E-state index is 12.8. The number of nitrogens with zero attached hydrogens (tertiary/aromatic N) is 2. The summed E-state index contributed by atoms with van der Waals surface area (Å²) in [6.45, 7) is 1.98. The van der Waals surface area contributed by atoms with Crippen LogP contribution >= 0.6 is 11.6 Å². The molecule has 3 atom stereocenters. The number of likely N-dealkylation sites (N-methyl/N-ethyl adjacent to an activating group) is 1. The van der Waals surface area contributed by atoms with Crippen molar-refractivity contribution in [3.8, 4) is 0 Å². The van der Waals surface area contributed by atoms with Crippen molar-refractivity contribution in [3.05, 3.63) is 34.9 Å². The smallest absolute Gasteiger partial charge is 0.245 e. The molecule has 134 valence electrons. The molecule has 5 nitrogen and oxygen atoms in total. The van der Waals surface area contributed by atoms with E-state index >= 15 is 0 Å². The second-order valence-corrected chi connectivity index (χ2v) is 7.41. The second kappa shape index (κ2) is 7.16. The molecule has 0 aromatic heterocycles. The molecule has 25 heavy (non-hydrogen) atoms. The van der Waals surface area contributed by atoms with E-state index in [9.17, 15) is 14.4 Å². The molecule has 1 aliphatic carbocycles. The van der Waals surface area contributed by atoms with Crippen LogP contribution in [0.5, 0.6) is 0 Å². The number of imide groups is 1. The Balaban J connectivity index is 1.72. The van der Waals surface area contributed by atoms with Crippen LogP contribution in [-0.2, 0) is 20.9 Å². The van der Waals surface area contributed by atoms with Gasteiger partial charge in [0, 0.05) is 18.6 Å². The molecule has 2 aliphatic rings. The highest BCUT2D eigenvalue weighted by molar-refractivity contribution is 6.31. The number of halogens is 1. The third-order valence-electron chi connectivity index (χ3n) is 5.36. The van der Waals surface area contributed by atoms with E-state index in [1.165, 1.54) is 9.80 Å². The molecule has 1 aromatic carbocycles. The van der Waals surface area contributed by atoms with E-state index in [0.717, 1.165) is 31.2 Å². The molecule has 1 saturated heterocycles. The number of hydrogen-bond donors (Lipinski definition) is 0. The van der Waals surface area contributed by atoms with Crippen molar-refractivity contribution in [1.29, 1.82) is 0 Å². The van der Waals surface area contributed by atoms with E-state index in [-0.39, 0.29) is 29.6 Å². The van der Waals surface area contributed by atoms with Crippen molar-refractivity contribution in [1.82, 2.24) is 9.80 Å². The third-order valence-corrected chi connectivity index (χ3v) is 5.73. The van der Waals surface area contributed by atoms with Gasteiger partial charge in [-0.2, -0.15) is 0 Å². The van der Waals surface area contributed by atoms with Crippen LogP contribution in [0.1, 0.15) is 38.2 Å². The molecular formula is C19H23ClN2O3. The number of hydrogen-bond acceptors (Lipinski definition) is 3. The van der Waals surface area contributed by atoms with Crippen molar-refractivity contribution in [3.63, 3.8) is 0 Å². The van der Waals surface area contributed by atoms with Crippen LogP contribution < -0.4 is 0 Å². The van der Waals surface area contributed by atoms with Crippen molar-refractivity contribution in [2.45, 2.75) is 45.2 Å². The summed E-state index contributed by atoms with van der Waals surface area (Å²) in [5.74, 6) is -1.07. The Hall–Kier alpha value is -1.88. The van der Waals surface area contributed by atoms with Crippen molar-refractivity contribution in [2.24, 2.45) is 11.8 Å². The fraction of sp³-hybridized carbons (Fsp3) is 0.526. The minimum Gasteiger partial charge on any atom is -0.340 e. The first-order chi connectivity index (χ1) is 11.9. The van der Waals surface area contributed by atoms with Crippen molar-refractivity contribution < 1.29 is 14.4 Å². The second-order valence-electron chi connectivity index (χ2n) is 7.01. The van der Waals surface area contributed by atoms with E-state index in [2.05, 4.69) is 0 Å². The van der Waals surface area contributed by atoms with Gasteiger partial charge in [0.05, 0.1) is 11.8 Å². The summed E-state index contributed by atoms with van der Waals surface area (Å²) in [6, 6.07) is 6.55. The summed E-state index contributed by atoms with van der Waals surface area (Å²) in [4.78, 5) is 40.8. The normalized spacial score (nSPS) is 24.2. The average Bonchev–Trinajstić information content (AvgIpc) is 2.87. The minimum absolute atomic E-state index is 0.179. The molecule has 3 unspecified atom stereocenters.